The van der Waals surface area contributed by atoms with E-state index in [0.29, 0.717) is 17.4 Å². The SMILES string of the molecule is C[N+](C)(CCc1c[nH]c2cccc(O)c12)COP(=O)(O)O. The topological polar surface area (TPSA) is 103 Å². The van der Waals surface area contributed by atoms with Crippen molar-refractivity contribution in [3.63, 3.8) is 0 Å². The van der Waals surface area contributed by atoms with Crippen LogP contribution in [-0.4, -0.2) is 51.7 Å². The molecule has 21 heavy (non-hydrogen) atoms. The molecule has 2 rings (SSSR count). The number of rotatable bonds is 6. The van der Waals surface area contributed by atoms with Gasteiger partial charge >= 0.3 is 7.82 Å². The molecular weight excluding hydrogens is 295 g/mol. The molecule has 8 heteroatoms. The largest absolute Gasteiger partial charge is 0.507 e. The number of benzene rings is 1. The van der Waals surface area contributed by atoms with Crippen LogP contribution in [0.2, 0.25) is 0 Å². The number of aromatic amines is 1. The van der Waals surface area contributed by atoms with E-state index in [2.05, 4.69) is 9.51 Å². The quantitative estimate of drug-likeness (QED) is 0.368. The van der Waals surface area contributed by atoms with Gasteiger partial charge in [-0.1, -0.05) is 6.07 Å². The Kier molecular flexibility index (Phi) is 4.41. The van der Waals surface area contributed by atoms with Crippen molar-refractivity contribution in [1.82, 2.24) is 4.98 Å². The lowest BCUT2D eigenvalue weighted by Crippen LogP contribution is -2.42. The third kappa shape index (κ3) is 4.30. The zero-order chi connectivity index (χ0) is 15.7. The van der Waals surface area contributed by atoms with Gasteiger partial charge in [-0.15, -0.1) is 0 Å². The fourth-order valence-corrected chi connectivity index (χ4v) is 2.61. The van der Waals surface area contributed by atoms with Gasteiger partial charge in [-0.05, 0) is 17.7 Å². The minimum absolute atomic E-state index is 0.0847. The Bertz CT molecular complexity index is 676. The van der Waals surface area contributed by atoms with Gasteiger partial charge in [-0.3, -0.25) is 0 Å². The first-order valence-corrected chi connectivity index (χ1v) is 8.01. The lowest BCUT2D eigenvalue weighted by atomic mass is 10.1. The molecule has 7 nitrogen and oxygen atoms in total. The van der Waals surface area contributed by atoms with E-state index in [1.54, 1.807) is 12.1 Å². The second kappa shape index (κ2) is 5.79. The third-order valence-electron chi connectivity index (χ3n) is 3.33. The number of hydrogen-bond acceptors (Lipinski definition) is 3. The molecule has 0 unspecified atom stereocenters. The van der Waals surface area contributed by atoms with Gasteiger partial charge in [0, 0.05) is 23.5 Å². The van der Waals surface area contributed by atoms with Crippen LogP contribution in [0.15, 0.2) is 24.4 Å². The molecule has 0 aliphatic carbocycles. The average molecular weight is 315 g/mol. The summed E-state index contributed by atoms with van der Waals surface area (Å²) in [7, 11) is -0.807. The number of nitrogens with one attached hydrogen (secondary N) is 1. The van der Waals surface area contributed by atoms with E-state index < -0.39 is 7.82 Å². The summed E-state index contributed by atoms with van der Waals surface area (Å²) in [6, 6.07) is 5.29. The lowest BCUT2D eigenvalue weighted by Gasteiger charge is -2.29. The highest BCUT2D eigenvalue weighted by Crippen LogP contribution is 2.36. The van der Waals surface area contributed by atoms with E-state index in [-0.39, 0.29) is 12.5 Å². The van der Waals surface area contributed by atoms with E-state index in [0.717, 1.165) is 16.5 Å². The van der Waals surface area contributed by atoms with Crippen LogP contribution in [0.3, 0.4) is 0 Å². The number of H-pyrrole nitrogens is 1. The third-order valence-corrected chi connectivity index (χ3v) is 3.78. The van der Waals surface area contributed by atoms with Gasteiger partial charge in [-0.25, -0.2) is 9.09 Å². The Hall–Kier alpha value is -1.37. The van der Waals surface area contributed by atoms with Gasteiger partial charge in [0.25, 0.3) is 0 Å². The zero-order valence-electron chi connectivity index (χ0n) is 12.0. The van der Waals surface area contributed by atoms with Crippen molar-refractivity contribution in [2.45, 2.75) is 6.42 Å². The summed E-state index contributed by atoms with van der Waals surface area (Å²) < 4.78 is 15.6. The first-order valence-electron chi connectivity index (χ1n) is 6.48. The van der Waals surface area contributed by atoms with Crippen molar-refractivity contribution in [3.05, 3.63) is 30.0 Å². The second-order valence-corrected chi connectivity index (χ2v) is 6.91. The maximum atomic E-state index is 10.8. The molecule has 0 spiro atoms. The Morgan fingerprint density at radius 2 is 2.05 bits per heavy atom. The molecule has 0 aliphatic heterocycles. The minimum atomic E-state index is -4.45. The molecule has 0 radical (unpaired) electrons. The second-order valence-electron chi connectivity index (χ2n) is 5.67. The number of aromatic nitrogens is 1. The number of phenolic OH excluding ortho intramolecular Hbond substituents is 1. The first kappa shape index (κ1) is 16.0. The number of nitrogens with zero attached hydrogens (tertiary/aromatic N) is 1. The molecule has 1 aromatic carbocycles. The predicted octanol–water partition coefficient (Wildman–Crippen LogP) is 1.56. The molecule has 0 aliphatic rings. The smallest absolute Gasteiger partial charge is 0.474 e. The van der Waals surface area contributed by atoms with Crippen LogP contribution in [0.1, 0.15) is 5.56 Å². The van der Waals surface area contributed by atoms with E-state index in [1.165, 1.54) is 0 Å². The van der Waals surface area contributed by atoms with Gasteiger partial charge in [0.15, 0.2) is 6.73 Å². The maximum absolute atomic E-state index is 10.8. The standard InChI is InChI=1S/C13H19N2O5P/c1-15(2,9-20-21(17,18)19)7-6-10-8-14-11-4-3-5-12(16)13(10)11/h3-5,8,14H,6-7,9H2,1-2H3,(H2-,16,17,18,19)/p+1. The highest BCUT2D eigenvalue weighted by Gasteiger charge is 2.23. The molecule has 0 fully saturated rings. The number of phenols is 1. The Labute approximate surface area is 122 Å². The number of aromatic hydroxyl groups is 1. The van der Waals surface area contributed by atoms with Gasteiger partial charge in [0.2, 0.25) is 0 Å². The van der Waals surface area contributed by atoms with Gasteiger partial charge < -0.3 is 24.4 Å². The number of phosphoric acid groups is 1. The molecule has 0 saturated carbocycles. The summed E-state index contributed by atoms with van der Waals surface area (Å²) in [5.74, 6) is 0.223. The van der Waals surface area contributed by atoms with Crippen molar-refractivity contribution < 1.29 is 28.5 Å². The monoisotopic (exact) mass is 315 g/mol. The maximum Gasteiger partial charge on any atom is 0.474 e. The molecule has 4 N–H and O–H groups in total. The van der Waals surface area contributed by atoms with E-state index >= 15 is 0 Å². The molecule has 116 valence electrons. The van der Waals surface area contributed by atoms with Crippen LogP contribution in [0.4, 0.5) is 0 Å². The van der Waals surface area contributed by atoms with Gasteiger partial charge in [0.05, 0.1) is 20.6 Å². The Morgan fingerprint density at radius 3 is 2.71 bits per heavy atom. The minimum Gasteiger partial charge on any atom is -0.507 e. The predicted molar refractivity (Wildman–Crippen MR) is 78.6 cm³/mol. The summed E-state index contributed by atoms with van der Waals surface area (Å²) in [5, 5.41) is 10.7. The molecule has 1 heterocycles. The molecule has 0 bridgehead atoms. The normalized spacial score (nSPS) is 13.0. The first-order chi connectivity index (χ1) is 9.68. The van der Waals surface area contributed by atoms with Gasteiger partial charge in [0.1, 0.15) is 5.75 Å². The molecule has 0 saturated heterocycles. The van der Waals surface area contributed by atoms with Crippen LogP contribution in [0.25, 0.3) is 10.9 Å². The van der Waals surface area contributed by atoms with E-state index in [9.17, 15) is 9.67 Å². The molecule has 1 aromatic heterocycles. The zero-order valence-corrected chi connectivity index (χ0v) is 12.9. The van der Waals surface area contributed by atoms with Crippen LogP contribution in [-0.2, 0) is 15.5 Å². The van der Waals surface area contributed by atoms with Crippen molar-refractivity contribution in [3.8, 4) is 5.75 Å². The van der Waals surface area contributed by atoms with Crippen molar-refractivity contribution in [2.24, 2.45) is 0 Å². The van der Waals surface area contributed by atoms with Crippen LogP contribution < -0.4 is 0 Å². The summed E-state index contributed by atoms with van der Waals surface area (Å²) >= 11 is 0. The fraction of sp³-hybridized carbons (Fsp3) is 0.385. The van der Waals surface area contributed by atoms with Crippen LogP contribution in [0, 0.1) is 0 Å². The number of fused-ring (bicyclic) bond motifs is 1. The molecule has 0 amide bonds. The van der Waals surface area contributed by atoms with Crippen LogP contribution >= 0.6 is 7.82 Å². The van der Waals surface area contributed by atoms with E-state index in [1.807, 2.05) is 26.4 Å². The number of phosphoric ester groups is 1. The number of hydrogen-bond donors (Lipinski definition) is 4. The molecule has 2 aromatic rings. The summed E-state index contributed by atoms with van der Waals surface area (Å²) in [5.41, 5.74) is 1.83. The molecular formula is C13H20N2O5P+. The van der Waals surface area contributed by atoms with Crippen molar-refractivity contribution in [2.75, 3.05) is 27.4 Å². The highest BCUT2D eigenvalue weighted by molar-refractivity contribution is 7.46. The Morgan fingerprint density at radius 1 is 1.33 bits per heavy atom. The molecule has 0 atom stereocenters. The van der Waals surface area contributed by atoms with Crippen molar-refractivity contribution in [1.29, 1.82) is 0 Å². The van der Waals surface area contributed by atoms with E-state index in [4.69, 9.17) is 9.79 Å². The summed E-state index contributed by atoms with van der Waals surface area (Å²) in [6.45, 7) is 0.528. The number of quaternary nitrogens is 1. The highest BCUT2D eigenvalue weighted by atomic mass is 31.2. The number of likely N-dealkylation sites (N-methyl/N-ethyl adjacent to an activating group) is 1. The lowest BCUT2D eigenvalue weighted by molar-refractivity contribution is -0.906. The summed E-state index contributed by atoms with van der Waals surface area (Å²) in [6.07, 6.45) is 2.49. The fourth-order valence-electron chi connectivity index (χ4n) is 2.15. The summed E-state index contributed by atoms with van der Waals surface area (Å²) in [4.78, 5) is 20.6. The Balaban J connectivity index is 2.06. The van der Waals surface area contributed by atoms with Crippen molar-refractivity contribution >= 4 is 18.7 Å². The van der Waals surface area contributed by atoms with Crippen LogP contribution in [0.5, 0.6) is 5.75 Å². The average Bonchev–Trinajstić information content (AvgIpc) is 2.78. The van der Waals surface area contributed by atoms with Gasteiger partial charge in [-0.2, -0.15) is 0 Å².